The molecule has 0 aromatic carbocycles. The van der Waals surface area contributed by atoms with Crippen molar-refractivity contribution in [2.75, 3.05) is 32.8 Å². The maximum atomic E-state index is 12.1. The standard InChI is InChI=1S/C14H27N3O3/c1-5-14(3,4)16-12(18)10-15-11(2)13(19)17-6-8-20-9-7-17/h11,15H,5-10H2,1-4H3,(H,16,18). The maximum Gasteiger partial charge on any atom is 0.239 e. The van der Waals surface area contributed by atoms with E-state index in [-0.39, 0.29) is 29.9 Å². The molecule has 0 bridgehead atoms. The van der Waals surface area contributed by atoms with Crippen molar-refractivity contribution in [1.29, 1.82) is 0 Å². The van der Waals surface area contributed by atoms with Crippen molar-refractivity contribution in [2.45, 2.75) is 45.7 Å². The molecular formula is C14H27N3O3. The summed E-state index contributed by atoms with van der Waals surface area (Å²) in [6.07, 6.45) is 0.862. The lowest BCUT2D eigenvalue weighted by Gasteiger charge is -2.30. The predicted molar refractivity (Wildman–Crippen MR) is 77.4 cm³/mol. The smallest absolute Gasteiger partial charge is 0.239 e. The number of morpholine rings is 1. The highest BCUT2D eigenvalue weighted by atomic mass is 16.5. The highest BCUT2D eigenvalue weighted by Gasteiger charge is 2.23. The largest absolute Gasteiger partial charge is 0.378 e. The number of amides is 2. The summed E-state index contributed by atoms with van der Waals surface area (Å²) in [4.78, 5) is 25.7. The summed E-state index contributed by atoms with van der Waals surface area (Å²) in [6.45, 7) is 10.3. The molecule has 1 aliphatic heterocycles. The molecule has 0 aromatic heterocycles. The van der Waals surface area contributed by atoms with Gasteiger partial charge in [0.25, 0.3) is 0 Å². The van der Waals surface area contributed by atoms with Crippen molar-refractivity contribution in [3.05, 3.63) is 0 Å². The number of carbonyl (C=O) groups is 2. The number of hydrogen-bond donors (Lipinski definition) is 2. The molecule has 0 spiro atoms. The van der Waals surface area contributed by atoms with E-state index in [1.165, 1.54) is 0 Å². The molecule has 2 N–H and O–H groups in total. The summed E-state index contributed by atoms with van der Waals surface area (Å²) < 4.78 is 5.22. The van der Waals surface area contributed by atoms with E-state index >= 15 is 0 Å². The van der Waals surface area contributed by atoms with Crippen LogP contribution in [0.5, 0.6) is 0 Å². The van der Waals surface area contributed by atoms with E-state index in [4.69, 9.17) is 4.74 Å². The molecule has 1 rings (SSSR count). The topological polar surface area (TPSA) is 70.7 Å². The molecule has 1 aliphatic rings. The van der Waals surface area contributed by atoms with Gasteiger partial charge in [-0.3, -0.25) is 14.9 Å². The van der Waals surface area contributed by atoms with Crippen LogP contribution >= 0.6 is 0 Å². The second-order valence-corrected chi connectivity index (χ2v) is 5.83. The molecular weight excluding hydrogens is 258 g/mol. The zero-order valence-electron chi connectivity index (χ0n) is 13.0. The molecule has 2 amide bonds. The van der Waals surface area contributed by atoms with Gasteiger partial charge in [-0.15, -0.1) is 0 Å². The Balaban J connectivity index is 2.33. The minimum atomic E-state index is -0.358. The molecule has 1 atom stereocenters. The van der Waals surface area contributed by atoms with Crippen LogP contribution in [0.1, 0.15) is 34.1 Å². The van der Waals surface area contributed by atoms with Crippen molar-refractivity contribution < 1.29 is 14.3 Å². The normalized spacial score (nSPS) is 17.7. The van der Waals surface area contributed by atoms with E-state index in [9.17, 15) is 9.59 Å². The van der Waals surface area contributed by atoms with Gasteiger partial charge >= 0.3 is 0 Å². The first-order valence-electron chi connectivity index (χ1n) is 7.26. The minimum absolute atomic E-state index is 0.0239. The summed E-state index contributed by atoms with van der Waals surface area (Å²) >= 11 is 0. The number of carbonyl (C=O) groups excluding carboxylic acids is 2. The van der Waals surface area contributed by atoms with Crippen molar-refractivity contribution in [3.63, 3.8) is 0 Å². The first-order chi connectivity index (χ1) is 9.35. The van der Waals surface area contributed by atoms with Crippen molar-refractivity contribution in [1.82, 2.24) is 15.5 Å². The number of nitrogens with zero attached hydrogens (tertiary/aromatic N) is 1. The average Bonchev–Trinajstić information content (AvgIpc) is 2.44. The average molecular weight is 285 g/mol. The quantitative estimate of drug-likeness (QED) is 0.728. The fourth-order valence-corrected chi connectivity index (χ4v) is 1.90. The first kappa shape index (κ1) is 16.9. The summed E-state index contributed by atoms with van der Waals surface area (Å²) in [5, 5.41) is 5.92. The van der Waals surface area contributed by atoms with E-state index in [1.807, 2.05) is 20.8 Å². The summed E-state index contributed by atoms with van der Waals surface area (Å²) in [6, 6.07) is -0.358. The fraction of sp³-hybridized carbons (Fsp3) is 0.857. The Kier molecular flexibility index (Phi) is 6.42. The zero-order valence-corrected chi connectivity index (χ0v) is 13.0. The molecule has 1 heterocycles. The van der Waals surface area contributed by atoms with Gasteiger partial charge in [0.15, 0.2) is 0 Å². The molecule has 1 fully saturated rings. The van der Waals surface area contributed by atoms with Gasteiger partial charge < -0.3 is 15.0 Å². The van der Waals surface area contributed by atoms with Crippen LogP contribution in [0.3, 0.4) is 0 Å². The minimum Gasteiger partial charge on any atom is -0.378 e. The number of hydrogen-bond acceptors (Lipinski definition) is 4. The van der Waals surface area contributed by atoms with Crippen LogP contribution in [-0.2, 0) is 14.3 Å². The lowest BCUT2D eigenvalue weighted by Crippen LogP contribution is -2.52. The van der Waals surface area contributed by atoms with E-state index in [2.05, 4.69) is 10.6 Å². The van der Waals surface area contributed by atoms with E-state index < -0.39 is 0 Å². The third-order valence-electron chi connectivity index (χ3n) is 3.62. The Bertz CT molecular complexity index is 339. The molecule has 0 saturated carbocycles. The number of ether oxygens (including phenoxy) is 1. The molecule has 20 heavy (non-hydrogen) atoms. The molecule has 0 radical (unpaired) electrons. The Hall–Kier alpha value is -1.14. The van der Waals surface area contributed by atoms with Crippen LogP contribution in [0.2, 0.25) is 0 Å². The first-order valence-corrected chi connectivity index (χ1v) is 7.26. The van der Waals surface area contributed by atoms with Crippen LogP contribution in [0.4, 0.5) is 0 Å². The van der Waals surface area contributed by atoms with Gasteiger partial charge in [-0.25, -0.2) is 0 Å². The lowest BCUT2D eigenvalue weighted by atomic mass is 10.0. The van der Waals surface area contributed by atoms with Crippen LogP contribution in [-0.4, -0.2) is 61.1 Å². The Morgan fingerprint density at radius 3 is 2.45 bits per heavy atom. The van der Waals surface area contributed by atoms with Crippen LogP contribution in [0, 0.1) is 0 Å². The second kappa shape index (κ2) is 7.59. The predicted octanol–water partition coefficient (Wildman–Crippen LogP) is 0.128. The molecule has 0 aromatic rings. The molecule has 6 nitrogen and oxygen atoms in total. The Morgan fingerprint density at radius 1 is 1.30 bits per heavy atom. The molecule has 1 saturated heterocycles. The molecule has 1 unspecified atom stereocenters. The van der Waals surface area contributed by atoms with Crippen molar-refractivity contribution in [2.24, 2.45) is 0 Å². The van der Waals surface area contributed by atoms with Crippen molar-refractivity contribution in [3.8, 4) is 0 Å². The summed E-state index contributed by atoms with van der Waals surface area (Å²) in [5.74, 6) is -0.0608. The highest BCUT2D eigenvalue weighted by Crippen LogP contribution is 2.06. The van der Waals surface area contributed by atoms with Gasteiger partial charge in [0.1, 0.15) is 0 Å². The van der Waals surface area contributed by atoms with Crippen LogP contribution in [0.25, 0.3) is 0 Å². The molecule has 0 aliphatic carbocycles. The van der Waals surface area contributed by atoms with Crippen LogP contribution in [0.15, 0.2) is 0 Å². The SMILES string of the molecule is CCC(C)(C)NC(=O)CNC(C)C(=O)N1CCOCC1. The lowest BCUT2D eigenvalue weighted by molar-refractivity contribution is -0.137. The third kappa shape index (κ3) is 5.46. The zero-order chi connectivity index (χ0) is 15.2. The van der Waals surface area contributed by atoms with Gasteiger partial charge in [0, 0.05) is 18.6 Å². The number of nitrogens with one attached hydrogen (secondary N) is 2. The van der Waals surface area contributed by atoms with E-state index in [0.717, 1.165) is 6.42 Å². The van der Waals surface area contributed by atoms with Crippen molar-refractivity contribution >= 4 is 11.8 Å². The van der Waals surface area contributed by atoms with Gasteiger partial charge in [0.05, 0.1) is 25.8 Å². The van der Waals surface area contributed by atoms with Gasteiger partial charge in [-0.1, -0.05) is 6.92 Å². The Morgan fingerprint density at radius 2 is 1.90 bits per heavy atom. The summed E-state index contributed by atoms with van der Waals surface area (Å²) in [5.41, 5.74) is -0.212. The van der Waals surface area contributed by atoms with E-state index in [1.54, 1.807) is 11.8 Å². The summed E-state index contributed by atoms with van der Waals surface area (Å²) in [7, 11) is 0. The maximum absolute atomic E-state index is 12.1. The monoisotopic (exact) mass is 285 g/mol. The van der Waals surface area contributed by atoms with Gasteiger partial charge in [-0.05, 0) is 27.2 Å². The van der Waals surface area contributed by atoms with Gasteiger partial charge in [0.2, 0.25) is 11.8 Å². The fourth-order valence-electron chi connectivity index (χ4n) is 1.90. The second-order valence-electron chi connectivity index (χ2n) is 5.83. The van der Waals surface area contributed by atoms with Crippen LogP contribution < -0.4 is 10.6 Å². The molecule has 116 valence electrons. The van der Waals surface area contributed by atoms with Gasteiger partial charge in [-0.2, -0.15) is 0 Å². The molecule has 6 heteroatoms. The highest BCUT2D eigenvalue weighted by molar-refractivity contribution is 5.83. The third-order valence-corrected chi connectivity index (χ3v) is 3.62. The van der Waals surface area contributed by atoms with E-state index in [0.29, 0.717) is 26.3 Å². The Labute approximate surface area is 121 Å². The number of rotatable bonds is 6.